The number of anilines is 2. The molecule has 0 aliphatic heterocycles. The molecule has 4 aromatic carbocycles. The predicted molar refractivity (Wildman–Crippen MR) is 133 cm³/mol. The van der Waals surface area contributed by atoms with Gasteiger partial charge in [-0.05, 0) is 72.0 Å². The first-order valence-electron chi connectivity index (χ1n) is 11.1. The Morgan fingerprint density at radius 3 is 2.15 bits per heavy atom. The van der Waals surface area contributed by atoms with E-state index in [1.165, 1.54) is 0 Å². The predicted octanol–water partition coefficient (Wildman–Crippen LogP) is 6.68. The molecule has 0 saturated heterocycles. The maximum atomic E-state index is 10.6. The third kappa shape index (κ3) is 6.37. The van der Waals surface area contributed by atoms with Gasteiger partial charge in [0, 0.05) is 11.4 Å². The van der Waals surface area contributed by atoms with Crippen LogP contribution in [0.1, 0.15) is 29.2 Å². The van der Waals surface area contributed by atoms with E-state index < -0.39 is 6.10 Å². The molecule has 33 heavy (non-hydrogen) atoms. The topological polar surface area (TPSA) is 50.7 Å². The molecule has 0 radical (unpaired) electrons. The highest BCUT2D eigenvalue weighted by molar-refractivity contribution is 5.63. The molecule has 0 spiro atoms. The molecule has 4 nitrogen and oxygen atoms in total. The van der Waals surface area contributed by atoms with Gasteiger partial charge in [0.15, 0.2) is 0 Å². The van der Waals surface area contributed by atoms with E-state index in [-0.39, 0.29) is 0 Å². The number of nitrogens with one attached hydrogen (secondary N) is 1. The van der Waals surface area contributed by atoms with Gasteiger partial charge in [-0.3, -0.25) is 0 Å². The van der Waals surface area contributed by atoms with Crippen molar-refractivity contribution in [1.29, 1.82) is 0 Å². The standard InChI is InChI=1S/C29H29NO3/c1-32-26-16-11-24(12-17-26)29(31)20-13-23-9-5-6-10-28(23)30-25-14-18-27(19-15-25)33-21-22-7-3-2-4-8-22/h2-12,14-19,29-31H,13,20-21H2,1H3. The van der Waals surface area contributed by atoms with Crippen LogP contribution in [0.15, 0.2) is 103 Å². The van der Waals surface area contributed by atoms with Crippen molar-refractivity contribution >= 4 is 11.4 Å². The van der Waals surface area contributed by atoms with Crippen molar-refractivity contribution in [2.45, 2.75) is 25.6 Å². The van der Waals surface area contributed by atoms with Crippen LogP contribution in [0.4, 0.5) is 11.4 Å². The molecule has 0 aliphatic carbocycles. The Morgan fingerprint density at radius 1 is 0.758 bits per heavy atom. The normalized spacial score (nSPS) is 11.6. The molecule has 0 aliphatic rings. The van der Waals surface area contributed by atoms with E-state index in [2.05, 4.69) is 29.6 Å². The molecule has 0 fully saturated rings. The van der Waals surface area contributed by atoms with Crippen LogP contribution in [-0.4, -0.2) is 12.2 Å². The number of benzene rings is 4. The molecule has 4 aromatic rings. The largest absolute Gasteiger partial charge is 0.497 e. The molecule has 0 heterocycles. The Bertz CT molecular complexity index is 1130. The Morgan fingerprint density at radius 2 is 1.42 bits per heavy atom. The van der Waals surface area contributed by atoms with E-state index in [1.807, 2.05) is 78.9 Å². The molecule has 2 N–H and O–H groups in total. The van der Waals surface area contributed by atoms with Crippen molar-refractivity contribution in [3.63, 3.8) is 0 Å². The zero-order valence-corrected chi connectivity index (χ0v) is 18.8. The average Bonchev–Trinajstić information content (AvgIpc) is 2.88. The number of methoxy groups -OCH3 is 1. The van der Waals surface area contributed by atoms with Crippen molar-refractivity contribution in [1.82, 2.24) is 0 Å². The third-order valence-corrected chi connectivity index (χ3v) is 5.59. The summed E-state index contributed by atoms with van der Waals surface area (Å²) in [7, 11) is 1.64. The highest BCUT2D eigenvalue weighted by Crippen LogP contribution is 2.27. The van der Waals surface area contributed by atoms with Crippen LogP contribution in [0.25, 0.3) is 0 Å². The summed E-state index contributed by atoms with van der Waals surface area (Å²) in [4.78, 5) is 0. The van der Waals surface area contributed by atoms with Crippen LogP contribution in [0.2, 0.25) is 0 Å². The minimum Gasteiger partial charge on any atom is -0.497 e. The summed E-state index contributed by atoms with van der Waals surface area (Å²) in [5.41, 5.74) is 5.23. The molecule has 1 unspecified atom stereocenters. The fourth-order valence-electron chi connectivity index (χ4n) is 3.68. The molecule has 0 saturated carbocycles. The van der Waals surface area contributed by atoms with Crippen LogP contribution in [0.5, 0.6) is 11.5 Å². The molecular formula is C29H29NO3. The number of ether oxygens (including phenoxy) is 2. The maximum Gasteiger partial charge on any atom is 0.119 e. The number of hydrogen-bond acceptors (Lipinski definition) is 4. The van der Waals surface area contributed by atoms with Crippen LogP contribution < -0.4 is 14.8 Å². The summed E-state index contributed by atoms with van der Waals surface area (Å²) in [5, 5.41) is 14.1. The number of aliphatic hydroxyl groups is 1. The molecule has 1 atom stereocenters. The Kier molecular flexibility index (Phi) is 7.62. The number of para-hydroxylation sites is 1. The van der Waals surface area contributed by atoms with Crippen LogP contribution >= 0.6 is 0 Å². The van der Waals surface area contributed by atoms with Gasteiger partial charge in [-0.1, -0.05) is 60.7 Å². The van der Waals surface area contributed by atoms with Gasteiger partial charge in [0.05, 0.1) is 13.2 Å². The first kappa shape index (κ1) is 22.4. The number of hydrogen-bond donors (Lipinski definition) is 2. The Labute approximate surface area is 195 Å². The minimum atomic E-state index is -0.523. The van der Waals surface area contributed by atoms with Crippen LogP contribution in [-0.2, 0) is 13.0 Å². The van der Waals surface area contributed by atoms with Crippen molar-refractivity contribution < 1.29 is 14.6 Å². The number of aliphatic hydroxyl groups excluding tert-OH is 1. The van der Waals surface area contributed by atoms with Gasteiger partial charge < -0.3 is 19.9 Å². The van der Waals surface area contributed by atoms with Gasteiger partial charge in [0.25, 0.3) is 0 Å². The number of rotatable bonds is 10. The third-order valence-electron chi connectivity index (χ3n) is 5.59. The van der Waals surface area contributed by atoms with E-state index in [1.54, 1.807) is 7.11 Å². The lowest BCUT2D eigenvalue weighted by Crippen LogP contribution is -2.02. The minimum absolute atomic E-state index is 0.523. The average molecular weight is 440 g/mol. The van der Waals surface area contributed by atoms with E-state index in [9.17, 15) is 5.11 Å². The lowest BCUT2D eigenvalue weighted by molar-refractivity contribution is 0.168. The van der Waals surface area contributed by atoms with Crippen molar-refractivity contribution in [3.8, 4) is 11.5 Å². The van der Waals surface area contributed by atoms with E-state index in [0.29, 0.717) is 13.0 Å². The second-order valence-corrected chi connectivity index (χ2v) is 7.91. The quantitative estimate of drug-likeness (QED) is 0.289. The highest BCUT2D eigenvalue weighted by Gasteiger charge is 2.10. The molecule has 4 rings (SSSR count). The van der Waals surface area contributed by atoms with Crippen LogP contribution in [0, 0.1) is 0 Å². The molecular weight excluding hydrogens is 410 g/mol. The molecule has 0 aromatic heterocycles. The lowest BCUT2D eigenvalue weighted by atomic mass is 10.00. The number of aryl methyl sites for hydroxylation is 1. The summed E-state index contributed by atoms with van der Waals surface area (Å²) in [6, 6.07) is 33.9. The van der Waals surface area contributed by atoms with Gasteiger partial charge in [-0.15, -0.1) is 0 Å². The summed E-state index contributed by atoms with van der Waals surface area (Å²) < 4.78 is 11.1. The van der Waals surface area contributed by atoms with Gasteiger partial charge in [-0.25, -0.2) is 0 Å². The zero-order valence-electron chi connectivity index (χ0n) is 18.8. The smallest absolute Gasteiger partial charge is 0.119 e. The Balaban J connectivity index is 1.35. The maximum absolute atomic E-state index is 10.6. The summed E-state index contributed by atoms with van der Waals surface area (Å²) in [6.45, 7) is 0.549. The van der Waals surface area contributed by atoms with Crippen molar-refractivity contribution in [3.05, 3.63) is 120 Å². The second kappa shape index (κ2) is 11.2. The fraction of sp³-hybridized carbons (Fsp3) is 0.172. The van der Waals surface area contributed by atoms with Gasteiger partial charge in [0.1, 0.15) is 18.1 Å². The van der Waals surface area contributed by atoms with Crippen molar-refractivity contribution in [2.24, 2.45) is 0 Å². The molecule has 0 amide bonds. The first-order chi connectivity index (χ1) is 16.2. The fourth-order valence-corrected chi connectivity index (χ4v) is 3.68. The van der Waals surface area contributed by atoms with E-state index in [0.717, 1.165) is 46.0 Å². The summed E-state index contributed by atoms with van der Waals surface area (Å²) in [5.74, 6) is 1.62. The molecule has 168 valence electrons. The van der Waals surface area contributed by atoms with Gasteiger partial charge >= 0.3 is 0 Å². The van der Waals surface area contributed by atoms with Crippen LogP contribution in [0.3, 0.4) is 0 Å². The molecule has 0 bridgehead atoms. The van der Waals surface area contributed by atoms with Crippen molar-refractivity contribution in [2.75, 3.05) is 12.4 Å². The summed E-state index contributed by atoms with van der Waals surface area (Å²) >= 11 is 0. The lowest BCUT2D eigenvalue weighted by Gasteiger charge is -2.15. The summed E-state index contributed by atoms with van der Waals surface area (Å²) in [6.07, 6.45) is 0.872. The zero-order chi connectivity index (χ0) is 22.9. The van der Waals surface area contributed by atoms with E-state index >= 15 is 0 Å². The van der Waals surface area contributed by atoms with Gasteiger partial charge in [0.2, 0.25) is 0 Å². The van der Waals surface area contributed by atoms with Gasteiger partial charge in [-0.2, -0.15) is 0 Å². The Hall–Kier alpha value is -3.76. The molecule has 4 heteroatoms. The second-order valence-electron chi connectivity index (χ2n) is 7.91. The van der Waals surface area contributed by atoms with E-state index in [4.69, 9.17) is 9.47 Å². The highest BCUT2D eigenvalue weighted by atomic mass is 16.5. The monoisotopic (exact) mass is 439 g/mol. The SMILES string of the molecule is COc1ccc(C(O)CCc2ccccc2Nc2ccc(OCc3ccccc3)cc2)cc1. The first-order valence-corrected chi connectivity index (χ1v) is 11.1.